The van der Waals surface area contributed by atoms with E-state index in [1.807, 2.05) is 0 Å². The van der Waals surface area contributed by atoms with E-state index in [1.54, 1.807) is 26.0 Å². The quantitative estimate of drug-likeness (QED) is 0.530. The predicted octanol–water partition coefficient (Wildman–Crippen LogP) is 2.31. The van der Waals surface area contributed by atoms with Crippen molar-refractivity contribution in [3.63, 3.8) is 0 Å². The van der Waals surface area contributed by atoms with Crippen LogP contribution in [0.2, 0.25) is 0 Å². The lowest BCUT2D eigenvalue weighted by molar-refractivity contribution is -0.412. The molecule has 2 nitrogen and oxygen atoms in total. The maximum Gasteiger partial charge on any atom is 0.486 e. The van der Waals surface area contributed by atoms with Crippen molar-refractivity contribution in [2.75, 3.05) is 0 Å². The Balaban J connectivity index is 2.65. The van der Waals surface area contributed by atoms with Gasteiger partial charge in [0.05, 0.1) is 12.2 Å². The normalized spacial score (nSPS) is 35.7. The molecule has 2 unspecified atom stereocenters. The minimum Gasteiger partial charge on any atom is -0.292 e. The highest BCUT2D eigenvalue weighted by Gasteiger charge is 2.36. The molecule has 0 aromatic carbocycles. The monoisotopic (exact) mass is 178 g/mol. The van der Waals surface area contributed by atoms with E-state index in [2.05, 4.69) is 9.47 Å². The largest absolute Gasteiger partial charge is 0.486 e. The Hall–Kier alpha value is -0.480. The zero-order valence-electron chi connectivity index (χ0n) is 7.09. The Kier molecular flexibility index (Phi) is 2.80. The second kappa shape index (κ2) is 3.49. The summed E-state index contributed by atoms with van der Waals surface area (Å²) in [6.45, 7) is 3.13. The highest BCUT2D eigenvalue weighted by molar-refractivity contribution is 4.90. The van der Waals surface area contributed by atoms with E-state index >= 15 is 0 Å². The highest BCUT2D eigenvalue weighted by Crippen LogP contribution is 2.24. The van der Waals surface area contributed by atoms with Crippen LogP contribution < -0.4 is 0 Å². The summed E-state index contributed by atoms with van der Waals surface area (Å²) in [6.07, 6.45) is -0.694. The van der Waals surface area contributed by atoms with Crippen molar-refractivity contribution in [1.29, 1.82) is 0 Å². The first-order valence-corrected chi connectivity index (χ1v) is 3.90. The molecule has 0 bridgehead atoms. The first-order chi connectivity index (χ1) is 5.49. The molecule has 0 amide bonds. The summed E-state index contributed by atoms with van der Waals surface area (Å²) in [7, 11) is 0. The molecule has 0 aromatic rings. The van der Waals surface area contributed by atoms with Crippen molar-refractivity contribution < 1.29 is 18.3 Å². The molecular formula is C8H12F2O2. The zero-order chi connectivity index (χ0) is 9.19. The Labute approximate surface area is 70.2 Å². The van der Waals surface area contributed by atoms with Crippen molar-refractivity contribution in [1.82, 2.24) is 0 Å². The molecule has 0 spiro atoms. The summed E-state index contributed by atoms with van der Waals surface area (Å²) in [6, 6.07) is 0. The second-order valence-corrected chi connectivity index (χ2v) is 2.88. The first-order valence-electron chi connectivity index (χ1n) is 3.90. The highest BCUT2D eigenvalue weighted by atomic mass is 19.3. The third-order valence-electron chi connectivity index (χ3n) is 1.54. The van der Waals surface area contributed by atoms with Gasteiger partial charge in [-0.25, -0.2) is 0 Å². The number of hydrogen-bond acceptors (Lipinski definition) is 2. The molecule has 0 saturated heterocycles. The van der Waals surface area contributed by atoms with Gasteiger partial charge in [-0.05, 0) is 20.3 Å². The molecule has 0 saturated carbocycles. The number of alkyl halides is 2. The fourth-order valence-corrected chi connectivity index (χ4v) is 1.03. The topological polar surface area (TPSA) is 18.5 Å². The summed E-state index contributed by atoms with van der Waals surface area (Å²) in [4.78, 5) is 0. The van der Waals surface area contributed by atoms with Crippen LogP contribution in [0.4, 0.5) is 8.78 Å². The molecule has 1 rings (SSSR count). The van der Waals surface area contributed by atoms with Gasteiger partial charge < -0.3 is 0 Å². The van der Waals surface area contributed by atoms with Crippen LogP contribution in [-0.4, -0.2) is 18.5 Å². The van der Waals surface area contributed by atoms with Crippen LogP contribution in [0.1, 0.15) is 20.3 Å². The van der Waals surface area contributed by atoms with Gasteiger partial charge in [0.15, 0.2) is 0 Å². The Morgan fingerprint density at radius 2 is 2.00 bits per heavy atom. The smallest absolute Gasteiger partial charge is 0.292 e. The van der Waals surface area contributed by atoms with Gasteiger partial charge in [-0.1, -0.05) is 12.2 Å². The van der Waals surface area contributed by atoms with Crippen LogP contribution in [0.25, 0.3) is 0 Å². The van der Waals surface area contributed by atoms with Crippen molar-refractivity contribution in [2.45, 2.75) is 38.8 Å². The summed E-state index contributed by atoms with van der Waals surface area (Å²) >= 11 is 0. The lowest BCUT2D eigenvalue weighted by atomic mass is 10.2. The summed E-state index contributed by atoms with van der Waals surface area (Å²) in [5.74, 6) is 0. The zero-order valence-corrected chi connectivity index (χ0v) is 7.09. The van der Waals surface area contributed by atoms with Gasteiger partial charge in [0.1, 0.15) is 0 Å². The van der Waals surface area contributed by atoms with E-state index in [9.17, 15) is 8.78 Å². The first kappa shape index (κ1) is 9.61. The second-order valence-electron chi connectivity index (χ2n) is 2.88. The Morgan fingerprint density at radius 3 is 2.67 bits per heavy atom. The number of hydrogen-bond donors (Lipinski definition) is 0. The lowest BCUT2D eigenvalue weighted by Gasteiger charge is -2.24. The third kappa shape index (κ3) is 2.87. The molecule has 12 heavy (non-hydrogen) atoms. The van der Waals surface area contributed by atoms with Gasteiger partial charge in [0, 0.05) is 0 Å². The molecule has 1 aliphatic heterocycles. The third-order valence-corrected chi connectivity index (χ3v) is 1.54. The summed E-state index contributed by atoms with van der Waals surface area (Å²) in [5, 5.41) is 0. The molecule has 0 radical (unpaired) electrons. The van der Waals surface area contributed by atoms with Crippen molar-refractivity contribution in [3.05, 3.63) is 12.2 Å². The van der Waals surface area contributed by atoms with Crippen LogP contribution in [0.5, 0.6) is 0 Å². The Morgan fingerprint density at radius 1 is 1.33 bits per heavy atom. The lowest BCUT2D eigenvalue weighted by Crippen LogP contribution is -2.33. The molecule has 0 fully saturated rings. The van der Waals surface area contributed by atoms with Crippen molar-refractivity contribution in [3.8, 4) is 0 Å². The minimum atomic E-state index is -3.45. The number of ether oxygens (including phenoxy) is 2. The van der Waals surface area contributed by atoms with Crippen LogP contribution in [0.3, 0.4) is 0 Å². The maximum atomic E-state index is 12.7. The average molecular weight is 178 g/mol. The van der Waals surface area contributed by atoms with Crippen LogP contribution >= 0.6 is 0 Å². The van der Waals surface area contributed by atoms with E-state index < -0.39 is 18.5 Å². The van der Waals surface area contributed by atoms with Gasteiger partial charge in [0.25, 0.3) is 0 Å². The number of halogens is 2. The average Bonchev–Trinajstić information content (AvgIpc) is 1.81. The molecule has 0 aromatic heterocycles. The molecule has 70 valence electrons. The maximum absolute atomic E-state index is 12.7. The predicted molar refractivity (Wildman–Crippen MR) is 39.8 cm³/mol. The summed E-state index contributed by atoms with van der Waals surface area (Å²) < 4.78 is 34.0. The molecule has 1 aliphatic rings. The van der Waals surface area contributed by atoms with Crippen LogP contribution in [-0.2, 0) is 9.47 Å². The van der Waals surface area contributed by atoms with Crippen LogP contribution in [0.15, 0.2) is 12.2 Å². The van der Waals surface area contributed by atoms with Gasteiger partial charge in [0.2, 0.25) is 0 Å². The molecular weight excluding hydrogens is 166 g/mol. The SMILES string of the molecule is CC1C=CCC(C)OC(F)(F)O1. The standard InChI is InChI=1S/C8H12F2O2/c1-6-4-3-5-7(2)12-8(9,10)11-6/h3-4,6-7H,5H2,1-2H3. The molecule has 1 heterocycles. The summed E-state index contributed by atoms with van der Waals surface area (Å²) in [5.41, 5.74) is 0. The number of rotatable bonds is 0. The van der Waals surface area contributed by atoms with Gasteiger partial charge in [-0.2, -0.15) is 0 Å². The van der Waals surface area contributed by atoms with E-state index in [0.717, 1.165) is 0 Å². The van der Waals surface area contributed by atoms with E-state index in [4.69, 9.17) is 0 Å². The van der Waals surface area contributed by atoms with Crippen molar-refractivity contribution in [2.24, 2.45) is 0 Å². The van der Waals surface area contributed by atoms with Gasteiger partial charge in [-0.15, -0.1) is 8.78 Å². The molecule has 4 heteroatoms. The van der Waals surface area contributed by atoms with Crippen LogP contribution in [0, 0.1) is 0 Å². The fourth-order valence-electron chi connectivity index (χ4n) is 1.03. The molecule has 0 N–H and O–H groups in total. The molecule has 2 atom stereocenters. The fraction of sp³-hybridized carbons (Fsp3) is 0.750. The Bertz CT molecular complexity index is 180. The van der Waals surface area contributed by atoms with Crippen molar-refractivity contribution >= 4 is 0 Å². The minimum absolute atomic E-state index is 0.489. The van der Waals surface area contributed by atoms with E-state index in [-0.39, 0.29) is 0 Å². The van der Waals surface area contributed by atoms with Gasteiger partial charge >= 0.3 is 6.29 Å². The van der Waals surface area contributed by atoms with Gasteiger partial charge in [-0.3, -0.25) is 9.47 Å². The molecule has 0 aliphatic carbocycles. The van der Waals surface area contributed by atoms with E-state index in [0.29, 0.717) is 6.42 Å². The van der Waals surface area contributed by atoms with E-state index in [1.165, 1.54) is 0 Å².